The molecular weight excluding hydrogens is 296 g/mol. The van der Waals surface area contributed by atoms with E-state index in [0.29, 0.717) is 10.8 Å². The quantitative estimate of drug-likeness (QED) is 0.943. The maximum Gasteiger partial charge on any atom is 0.265 e. The summed E-state index contributed by atoms with van der Waals surface area (Å²) in [6.45, 7) is 1.69. The van der Waals surface area contributed by atoms with Gasteiger partial charge in [-0.15, -0.1) is 11.3 Å². The van der Waals surface area contributed by atoms with Crippen LogP contribution >= 0.6 is 11.3 Å². The Hall–Kier alpha value is -1.72. The summed E-state index contributed by atoms with van der Waals surface area (Å²) in [6, 6.07) is 10.2. The molecule has 0 atom stereocenters. The monoisotopic (exact) mass is 316 g/mol. The van der Waals surface area contributed by atoms with Crippen LogP contribution in [0.1, 0.15) is 33.1 Å². The number of hydrogen-bond donors (Lipinski definition) is 1. The summed E-state index contributed by atoms with van der Waals surface area (Å²) >= 11 is 1.48. The van der Waals surface area contributed by atoms with Crippen molar-refractivity contribution >= 4 is 17.2 Å². The fourth-order valence-electron chi connectivity index (χ4n) is 2.74. The van der Waals surface area contributed by atoms with Crippen LogP contribution in [0.3, 0.4) is 0 Å². The Morgan fingerprint density at radius 2 is 2.00 bits per heavy atom. The number of benzene rings is 1. The Kier molecular flexibility index (Phi) is 4.85. The molecule has 1 N–H and O–H groups in total. The molecule has 0 saturated carbocycles. The predicted molar refractivity (Wildman–Crippen MR) is 87.1 cm³/mol. The minimum absolute atomic E-state index is 0.0770. The number of aliphatic hydroxyl groups excluding tert-OH is 1. The zero-order valence-electron chi connectivity index (χ0n) is 12.4. The fraction of sp³-hybridized carbons (Fsp3) is 0.412. The lowest BCUT2D eigenvalue weighted by Crippen LogP contribution is -2.38. The van der Waals surface area contributed by atoms with Crippen molar-refractivity contribution in [2.75, 3.05) is 19.7 Å². The van der Waals surface area contributed by atoms with Gasteiger partial charge in [0, 0.05) is 26.1 Å². The van der Waals surface area contributed by atoms with Gasteiger partial charge < -0.3 is 10.0 Å². The van der Waals surface area contributed by atoms with E-state index in [-0.39, 0.29) is 12.5 Å². The Morgan fingerprint density at radius 3 is 2.68 bits per heavy atom. The summed E-state index contributed by atoms with van der Waals surface area (Å²) in [5.74, 6) is 0.423. The smallest absolute Gasteiger partial charge is 0.265 e. The van der Waals surface area contributed by atoms with Crippen molar-refractivity contribution in [2.24, 2.45) is 5.92 Å². The van der Waals surface area contributed by atoms with E-state index in [9.17, 15) is 4.79 Å². The molecule has 2 aromatic rings. The zero-order chi connectivity index (χ0) is 15.4. The van der Waals surface area contributed by atoms with E-state index in [1.54, 1.807) is 6.20 Å². The van der Waals surface area contributed by atoms with Crippen molar-refractivity contribution in [3.63, 3.8) is 0 Å². The molecule has 3 rings (SSSR count). The van der Waals surface area contributed by atoms with E-state index < -0.39 is 0 Å². The maximum atomic E-state index is 12.5. The first kappa shape index (κ1) is 15.2. The van der Waals surface area contributed by atoms with Gasteiger partial charge in [0.1, 0.15) is 4.88 Å². The molecule has 1 aliphatic rings. The largest absolute Gasteiger partial charge is 0.396 e. The number of rotatable bonds is 4. The molecule has 1 aliphatic heterocycles. The highest BCUT2D eigenvalue weighted by molar-refractivity contribution is 7.13. The third-order valence-corrected chi connectivity index (χ3v) is 5.11. The number of likely N-dealkylation sites (tertiary alicyclic amines) is 1. The van der Waals surface area contributed by atoms with E-state index >= 15 is 0 Å². The van der Waals surface area contributed by atoms with Crippen LogP contribution in [0.15, 0.2) is 36.5 Å². The highest BCUT2D eigenvalue weighted by Gasteiger charge is 2.24. The number of aliphatic hydroxyl groups is 1. The molecular formula is C17H20N2O2S. The van der Waals surface area contributed by atoms with Crippen molar-refractivity contribution in [3.8, 4) is 0 Å². The molecule has 0 radical (unpaired) electrons. The number of piperidine rings is 1. The van der Waals surface area contributed by atoms with Crippen LogP contribution in [-0.2, 0) is 6.42 Å². The maximum absolute atomic E-state index is 12.5. The van der Waals surface area contributed by atoms with Crippen LogP contribution < -0.4 is 0 Å². The molecule has 0 spiro atoms. The minimum atomic E-state index is 0.0770. The zero-order valence-corrected chi connectivity index (χ0v) is 13.3. The predicted octanol–water partition coefficient (Wildman–Crippen LogP) is 2.58. The molecule has 4 nitrogen and oxygen atoms in total. The molecule has 116 valence electrons. The first-order valence-corrected chi connectivity index (χ1v) is 8.46. The standard InChI is InChI=1S/C17H20N2O2S/c20-12-14-6-8-19(9-7-14)17(21)15-11-18-16(22-15)10-13-4-2-1-3-5-13/h1-5,11,14,20H,6-10,12H2. The topological polar surface area (TPSA) is 53.4 Å². The first-order chi connectivity index (χ1) is 10.8. The SMILES string of the molecule is O=C(c1cnc(Cc2ccccc2)s1)N1CCC(CO)CC1. The lowest BCUT2D eigenvalue weighted by atomic mass is 9.98. The molecule has 5 heteroatoms. The third-order valence-electron chi connectivity index (χ3n) is 4.12. The van der Waals surface area contributed by atoms with Gasteiger partial charge in [-0.25, -0.2) is 4.98 Å². The Labute approximate surface area is 134 Å². The third kappa shape index (κ3) is 3.54. The van der Waals surface area contributed by atoms with Gasteiger partial charge in [0.15, 0.2) is 0 Å². The second-order valence-corrected chi connectivity index (χ2v) is 6.81. The molecule has 0 unspecified atom stereocenters. The van der Waals surface area contributed by atoms with Gasteiger partial charge in [-0.1, -0.05) is 30.3 Å². The van der Waals surface area contributed by atoms with Crippen molar-refractivity contribution in [3.05, 3.63) is 52.0 Å². The van der Waals surface area contributed by atoms with Gasteiger partial charge in [-0.2, -0.15) is 0 Å². The number of aromatic nitrogens is 1. The van der Waals surface area contributed by atoms with Crippen molar-refractivity contribution < 1.29 is 9.90 Å². The van der Waals surface area contributed by atoms with E-state index in [1.165, 1.54) is 16.9 Å². The molecule has 2 heterocycles. The lowest BCUT2D eigenvalue weighted by molar-refractivity contribution is 0.0655. The summed E-state index contributed by atoms with van der Waals surface area (Å²) in [7, 11) is 0. The van der Waals surface area contributed by atoms with E-state index in [0.717, 1.165) is 37.4 Å². The van der Waals surface area contributed by atoms with E-state index in [2.05, 4.69) is 17.1 Å². The molecule has 0 bridgehead atoms. The van der Waals surface area contributed by atoms with Crippen molar-refractivity contribution in [1.82, 2.24) is 9.88 Å². The molecule has 1 fully saturated rings. The van der Waals surface area contributed by atoms with Crippen molar-refractivity contribution in [1.29, 1.82) is 0 Å². The Morgan fingerprint density at radius 1 is 1.27 bits per heavy atom. The number of carbonyl (C=O) groups excluding carboxylic acids is 1. The molecule has 1 saturated heterocycles. The Balaban J connectivity index is 1.62. The van der Waals surface area contributed by atoms with Gasteiger partial charge >= 0.3 is 0 Å². The molecule has 1 amide bonds. The number of amides is 1. The van der Waals surface area contributed by atoms with Gasteiger partial charge in [-0.05, 0) is 24.3 Å². The van der Waals surface area contributed by atoms with Crippen LogP contribution in [0.5, 0.6) is 0 Å². The second kappa shape index (κ2) is 7.03. The highest BCUT2D eigenvalue weighted by Crippen LogP contribution is 2.22. The fourth-order valence-corrected chi connectivity index (χ4v) is 3.66. The number of carbonyl (C=O) groups is 1. The van der Waals surface area contributed by atoms with Crippen LogP contribution in [0.4, 0.5) is 0 Å². The van der Waals surface area contributed by atoms with Gasteiger partial charge in [-0.3, -0.25) is 4.79 Å². The molecule has 22 heavy (non-hydrogen) atoms. The summed E-state index contributed by atoms with van der Waals surface area (Å²) in [5.41, 5.74) is 1.21. The van der Waals surface area contributed by atoms with Gasteiger partial charge in [0.25, 0.3) is 5.91 Å². The Bertz CT molecular complexity index is 619. The minimum Gasteiger partial charge on any atom is -0.396 e. The van der Waals surface area contributed by atoms with Crippen LogP contribution in [0, 0.1) is 5.92 Å². The van der Waals surface area contributed by atoms with Crippen LogP contribution in [0.2, 0.25) is 0 Å². The summed E-state index contributed by atoms with van der Waals surface area (Å²) in [4.78, 5) is 19.5. The normalized spacial score (nSPS) is 16.0. The number of hydrogen-bond acceptors (Lipinski definition) is 4. The summed E-state index contributed by atoms with van der Waals surface area (Å²) in [6.07, 6.45) is 4.24. The van der Waals surface area contributed by atoms with Gasteiger partial charge in [0.05, 0.1) is 11.2 Å². The van der Waals surface area contributed by atoms with Crippen molar-refractivity contribution in [2.45, 2.75) is 19.3 Å². The summed E-state index contributed by atoms with van der Waals surface area (Å²) < 4.78 is 0. The summed E-state index contributed by atoms with van der Waals surface area (Å²) in [5, 5.41) is 10.1. The van der Waals surface area contributed by atoms with Crippen LogP contribution in [-0.4, -0.2) is 40.6 Å². The average Bonchev–Trinajstić information content (AvgIpc) is 3.04. The lowest BCUT2D eigenvalue weighted by Gasteiger charge is -2.30. The number of nitrogens with zero attached hydrogens (tertiary/aromatic N) is 2. The first-order valence-electron chi connectivity index (χ1n) is 7.65. The van der Waals surface area contributed by atoms with Crippen LogP contribution in [0.25, 0.3) is 0 Å². The molecule has 0 aliphatic carbocycles. The molecule has 1 aromatic carbocycles. The highest BCUT2D eigenvalue weighted by atomic mass is 32.1. The second-order valence-electron chi connectivity index (χ2n) is 5.70. The van der Waals surface area contributed by atoms with E-state index in [4.69, 9.17) is 5.11 Å². The van der Waals surface area contributed by atoms with Gasteiger partial charge in [0.2, 0.25) is 0 Å². The van der Waals surface area contributed by atoms with E-state index in [1.807, 2.05) is 23.1 Å². The average molecular weight is 316 g/mol. The number of thiazole rings is 1. The molecule has 1 aromatic heterocycles.